The molecule has 101 heavy (non-hydrogen) atoms. The number of quaternary nitrogens is 1. The van der Waals surface area contributed by atoms with Gasteiger partial charge in [-0.2, -0.15) is 0 Å². The van der Waals surface area contributed by atoms with Crippen molar-refractivity contribution in [2.24, 2.45) is 0 Å². The molecule has 9 nitrogen and oxygen atoms in total. The number of hydrogen-bond acceptors (Lipinski definition) is 8. The van der Waals surface area contributed by atoms with Gasteiger partial charge in [0.1, 0.15) is 13.2 Å². The van der Waals surface area contributed by atoms with E-state index in [1.165, 1.54) is 89.9 Å². The monoisotopic (exact) mass is 1390 g/mol. The number of ether oxygens (including phenoxy) is 4. The van der Waals surface area contributed by atoms with Crippen molar-refractivity contribution in [3.63, 3.8) is 0 Å². The number of nitrogens with zero attached hydrogens (tertiary/aromatic N) is 1. The summed E-state index contributed by atoms with van der Waals surface area (Å²) >= 11 is 0. The Labute approximate surface area is 619 Å². The topological polar surface area (TPSA) is 111 Å². The molecule has 0 rings (SSSR count). The van der Waals surface area contributed by atoms with Crippen molar-refractivity contribution in [3.8, 4) is 0 Å². The Balaban J connectivity index is 4.18. The van der Waals surface area contributed by atoms with E-state index in [9.17, 15) is 19.5 Å². The minimum atomic E-state index is -1.64. The Morgan fingerprint density at radius 3 is 0.792 bits per heavy atom. The fourth-order valence-corrected chi connectivity index (χ4v) is 10.2. The fraction of sp³-hybridized carbons (Fsp3) is 0.576. The summed E-state index contributed by atoms with van der Waals surface area (Å²) in [4.78, 5) is 37.6. The summed E-state index contributed by atoms with van der Waals surface area (Å²) in [5, 5.41) is 11.9. The molecular weight excluding hydrogens is 1250 g/mol. The van der Waals surface area contributed by atoms with E-state index in [0.717, 1.165) is 161 Å². The zero-order valence-electron chi connectivity index (χ0n) is 64.7. The van der Waals surface area contributed by atoms with Gasteiger partial charge >= 0.3 is 11.9 Å². The Kier molecular flexibility index (Phi) is 74.3. The van der Waals surface area contributed by atoms with Crippen LogP contribution in [0, 0.1) is 0 Å². The van der Waals surface area contributed by atoms with Crippen molar-refractivity contribution in [1.82, 2.24) is 0 Å². The predicted octanol–water partition coefficient (Wildman–Crippen LogP) is 24.7. The van der Waals surface area contributed by atoms with Crippen molar-refractivity contribution in [3.05, 3.63) is 219 Å². The third-order valence-electron chi connectivity index (χ3n) is 16.2. The molecule has 0 aromatic heterocycles. The van der Waals surface area contributed by atoms with Crippen LogP contribution in [0.1, 0.15) is 284 Å². The van der Waals surface area contributed by atoms with Gasteiger partial charge in [-0.3, -0.25) is 9.59 Å². The maximum Gasteiger partial charge on any atom is 0.306 e. The number of allylic oxidation sites excluding steroid dienone is 36. The normalized spacial score (nSPS) is 13.9. The van der Waals surface area contributed by atoms with Gasteiger partial charge in [0.2, 0.25) is 0 Å². The third kappa shape index (κ3) is 80.8. The van der Waals surface area contributed by atoms with Gasteiger partial charge in [-0.05, 0) is 154 Å². The van der Waals surface area contributed by atoms with Crippen LogP contribution in [0.2, 0.25) is 0 Å². The van der Waals surface area contributed by atoms with Crippen molar-refractivity contribution in [2.45, 2.75) is 296 Å². The molecule has 0 aliphatic heterocycles. The van der Waals surface area contributed by atoms with Crippen LogP contribution in [-0.2, 0) is 33.3 Å². The number of esters is 2. The molecule has 0 N–H and O–H groups in total. The minimum absolute atomic E-state index is 0.132. The van der Waals surface area contributed by atoms with Crippen LogP contribution in [-0.4, -0.2) is 82.3 Å². The molecule has 0 saturated carbocycles. The molecule has 0 aromatic rings. The highest BCUT2D eigenvalue weighted by molar-refractivity contribution is 5.70. The highest BCUT2D eigenvalue weighted by atomic mass is 16.7. The van der Waals surface area contributed by atoms with E-state index in [4.69, 9.17) is 18.9 Å². The summed E-state index contributed by atoms with van der Waals surface area (Å²) < 4.78 is 22.8. The van der Waals surface area contributed by atoms with Gasteiger partial charge in [0.05, 0.1) is 40.3 Å². The zero-order valence-corrected chi connectivity index (χ0v) is 64.7. The fourth-order valence-electron chi connectivity index (χ4n) is 10.2. The lowest BCUT2D eigenvalue weighted by Gasteiger charge is -2.26. The number of carbonyl (C=O) groups is 3. The summed E-state index contributed by atoms with van der Waals surface area (Å²) in [5.74, 6) is -2.33. The second-order valence-electron chi connectivity index (χ2n) is 26.9. The van der Waals surface area contributed by atoms with Gasteiger partial charge < -0.3 is 33.3 Å². The predicted molar refractivity (Wildman–Crippen MR) is 434 cm³/mol. The smallest absolute Gasteiger partial charge is 0.306 e. The van der Waals surface area contributed by atoms with Crippen LogP contribution >= 0.6 is 0 Å². The summed E-state index contributed by atoms with van der Waals surface area (Å²) in [6, 6.07) is 0. The second kappa shape index (κ2) is 79.3. The second-order valence-corrected chi connectivity index (χ2v) is 26.9. The van der Waals surface area contributed by atoms with Gasteiger partial charge in [0, 0.05) is 12.8 Å². The van der Waals surface area contributed by atoms with E-state index in [2.05, 4.69) is 233 Å². The first-order valence-electron chi connectivity index (χ1n) is 39.9. The number of carboxylic acids is 1. The standard InChI is InChI=1S/C92H145NO8/c1-6-8-10-12-14-16-18-20-22-24-26-28-30-32-34-36-38-40-42-43-44-45-46-47-49-51-53-55-57-59-61-63-65-67-69-71-73-75-77-79-81-83-90(95)101-88(87-100-92(91(96)97)98-85-84-93(3,4)5)86-99-89(94)82-80-78-76-74-72-70-68-66-64-62-60-58-56-54-52-50-48-41-39-37-35-33-31-29-27-25-23-21-19-17-15-13-11-9-7-2/h8-11,14-17,20-23,26-29,32-35,38-41,43-44,46-47,51,53,57,59,63,65,69,71,88,92H,6-7,12-13,18-19,24-25,30-31,36-37,42,45,48-50,52,54-56,58,60-62,64,66-68,70,72-87H2,1-5H3/b10-8-,11-9-,16-14-,17-15-,22-20-,23-21-,28-26-,29-27-,34-32-,35-33-,40-38-,41-39-,44-43-,47-46-,53-51-,59-57-,65-63-,71-69-. The Hall–Kier alpha value is -6.39. The van der Waals surface area contributed by atoms with Gasteiger partial charge in [0.25, 0.3) is 0 Å². The molecule has 2 unspecified atom stereocenters. The Morgan fingerprint density at radius 2 is 0.535 bits per heavy atom. The van der Waals surface area contributed by atoms with Gasteiger partial charge in [-0.25, -0.2) is 0 Å². The van der Waals surface area contributed by atoms with Crippen molar-refractivity contribution < 1.29 is 42.9 Å². The molecule has 0 heterocycles. The third-order valence-corrected chi connectivity index (χ3v) is 16.2. The van der Waals surface area contributed by atoms with Crippen LogP contribution in [0.25, 0.3) is 0 Å². The van der Waals surface area contributed by atoms with Crippen LogP contribution in [0.15, 0.2) is 219 Å². The quantitative estimate of drug-likeness (QED) is 0.0195. The van der Waals surface area contributed by atoms with Crippen molar-refractivity contribution >= 4 is 17.9 Å². The number of carboxylic acid groups (broad SMARTS) is 1. The number of aliphatic carboxylic acids is 1. The van der Waals surface area contributed by atoms with E-state index >= 15 is 0 Å². The number of carbonyl (C=O) groups excluding carboxylic acids is 3. The summed E-state index contributed by atoms with van der Waals surface area (Å²) in [5.41, 5.74) is 0. The molecule has 0 aliphatic rings. The van der Waals surface area contributed by atoms with E-state index in [0.29, 0.717) is 17.4 Å². The van der Waals surface area contributed by atoms with Gasteiger partial charge in [-0.1, -0.05) is 335 Å². The molecule has 0 aliphatic carbocycles. The molecule has 0 amide bonds. The highest BCUT2D eigenvalue weighted by Crippen LogP contribution is 2.16. The van der Waals surface area contributed by atoms with Gasteiger partial charge in [-0.15, -0.1) is 0 Å². The van der Waals surface area contributed by atoms with E-state index < -0.39 is 24.3 Å². The molecule has 0 bridgehead atoms. The highest BCUT2D eigenvalue weighted by Gasteiger charge is 2.22. The first-order valence-corrected chi connectivity index (χ1v) is 39.9. The SMILES string of the molecule is CC/C=C\C/C=C\C/C=C\C/C=C\C/C=C\C/C=C\C/C=C\C/C=C\C/C=C\C/C=C\C/C=C\C/C=C\CCCCCCC(=O)OC(COC(=O)CCCCCCCCCCCCCCCCCC/C=C\C/C=C\C/C=C\C/C=C\C/C=C\C/C=C\CC)COC(OCC[N+](C)(C)C)C(=O)[O-]. The number of hydrogen-bond donors (Lipinski definition) is 0. The van der Waals surface area contributed by atoms with E-state index in [1.54, 1.807) is 0 Å². The van der Waals surface area contributed by atoms with Crippen LogP contribution < -0.4 is 5.11 Å². The first kappa shape index (κ1) is 94.6. The maximum atomic E-state index is 13.0. The van der Waals surface area contributed by atoms with Crippen LogP contribution in [0.3, 0.4) is 0 Å². The maximum absolute atomic E-state index is 13.0. The van der Waals surface area contributed by atoms with E-state index in [-0.39, 0.29) is 38.6 Å². The molecule has 0 aromatic carbocycles. The van der Waals surface area contributed by atoms with Gasteiger partial charge in [0.15, 0.2) is 12.4 Å². The summed E-state index contributed by atoms with van der Waals surface area (Å²) in [6.45, 7) is 4.48. The molecule has 0 spiro atoms. The molecular formula is C92H145NO8. The molecule has 0 fully saturated rings. The number of rotatable bonds is 71. The Morgan fingerprint density at radius 1 is 0.297 bits per heavy atom. The largest absolute Gasteiger partial charge is 0.545 e. The molecule has 9 heteroatoms. The lowest BCUT2D eigenvalue weighted by Crippen LogP contribution is -2.44. The minimum Gasteiger partial charge on any atom is -0.545 e. The van der Waals surface area contributed by atoms with Crippen LogP contribution in [0.5, 0.6) is 0 Å². The average Bonchev–Trinajstić information content (AvgIpc) is 1.21. The lowest BCUT2D eigenvalue weighted by molar-refractivity contribution is -0.870. The zero-order chi connectivity index (χ0) is 73.2. The summed E-state index contributed by atoms with van der Waals surface area (Å²) in [7, 11) is 5.91. The number of unbranched alkanes of at least 4 members (excludes halogenated alkanes) is 20. The van der Waals surface area contributed by atoms with Crippen LogP contribution in [0.4, 0.5) is 0 Å². The summed E-state index contributed by atoms with van der Waals surface area (Å²) in [6.07, 6.45) is 122. The number of likely N-dealkylation sites (N-methyl/N-ethyl adjacent to an activating group) is 1. The molecule has 0 saturated heterocycles. The van der Waals surface area contributed by atoms with Crippen molar-refractivity contribution in [2.75, 3.05) is 47.5 Å². The Bertz CT molecular complexity index is 2470. The lowest BCUT2D eigenvalue weighted by atomic mass is 10.0. The molecule has 0 radical (unpaired) electrons. The van der Waals surface area contributed by atoms with Crippen molar-refractivity contribution in [1.29, 1.82) is 0 Å². The molecule has 566 valence electrons. The first-order chi connectivity index (χ1) is 49.6. The van der Waals surface area contributed by atoms with E-state index in [1.807, 2.05) is 21.1 Å². The average molecular weight is 1390 g/mol. The molecule has 2 atom stereocenters.